The average Bonchev–Trinajstić information content (AvgIpc) is 2.61. The fraction of sp³-hybridized carbons (Fsp3) is 0.824. The zero-order chi connectivity index (χ0) is 16.1. The summed E-state index contributed by atoms with van der Waals surface area (Å²) >= 11 is 5.42. The van der Waals surface area contributed by atoms with Gasteiger partial charge in [-0.05, 0) is 43.4 Å². The van der Waals surface area contributed by atoms with Crippen molar-refractivity contribution in [1.82, 2.24) is 20.4 Å². The molecule has 130 valence electrons. The predicted molar refractivity (Wildman–Crippen MR) is 97.6 cm³/mol. The third-order valence-electron chi connectivity index (χ3n) is 5.55. The molecule has 0 saturated carbocycles. The molecule has 5 nitrogen and oxygen atoms in total. The molecule has 0 aromatic carbocycles. The predicted octanol–water partition coefficient (Wildman–Crippen LogP) is 0.679. The molecule has 2 N–H and O–H groups in total. The van der Waals surface area contributed by atoms with Crippen molar-refractivity contribution in [1.29, 1.82) is 0 Å². The smallest absolute Gasteiger partial charge is 0.166 e. The number of nitrogens with zero attached hydrogens (tertiary/aromatic N) is 2. The van der Waals surface area contributed by atoms with Gasteiger partial charge >= 0.3 is 0 Å². The van der Waals surface area contributed by atoms with Crippen LogP contribution in [0.4, 0.5) is 0 Å². The summed E-state index contributed by atoms with van der Waals surface area (Å²) in [5, 5.41) is 7.55. The van der Waals surface area contributed by atoms with Crippen molar-refractivity contribution in [2.75, 3.05) is 59.0 Å². The van der Waals surface area contributed by atoms with Crippen molar-refractivity contribution in [3.8, 4) is 0 Å². The number of hydrogen-bond acceptors (Lipinski definition) is 4. The number of rotatable bonds is 6. The second-order valence-electron chi connectivity index (χ2n) is 6.92. The molecule has 0 amide bonds. The number of thiocarbonyl (C=S) groups is 1. The maximum atomic E-state index is 5.42. The highest BCUT2D eigenvalue weighted by molar-refractivity contribution is 7.80. The summed E-state index contributed by atoms with van der Waals surface area (Å²) in [4.78, 5) is 5.02. The summed E-state index contributed by atoms with van der Waals surface area (Å²) in [5.74, 6) is 1.52. The van der Waals surface area contributed by atoms with Gasteiger partial charge in [0.25, 0.3) is 0 Å². The van der Waals surface area contributed by atoms with Crippen molar-refractivity contribution in [3.05, 3.63) is 12.7 Å². The summed E-state index contributed by atoms with van der Waals surface area (Å²) in [6.07, 6.45) is 4.76. The Hall–Kier alpha value is -0.690. The van der Waals surface area contributed by atoms with Crippen LogP contribution in [-0.2, 0) is 4.74 Å². The first kappa shape index (κ1) is 17.1. The maximum absolute atomic E-state index is 5.42. The SMILES string of the molecule is C=C[C@H]1CN2CC[C@H]1C[C@@H]2CNC(=S)NCCN1CCOCC1. The van der Waals surface area contributed by atoms with Crippen LogP contribution in [0.2, 0.25) is 0 Å². The topological polar surface area (TPSA) is 39.8 Å². The molecule has 0 radical (unpaired) electrons. The van der Waals surface area contributed by atoms with Gasteiger partial charge in [-0.2, -0.15) is 0 Å². The van der Waals surface area contributed by atoms with Gasteiger partial charge in [0.2, 0.25) is 0 Å². The normalized spacial score (nSPS) is 34.1. The highest BCUT2D eigenvalue weighted by atomic mass is 32.1. The number of fused-ring (bicyclic) bond motifs is 3. The zero-order valence-corrected chi connectivity index (χ0v) is 14.8. The molecule has 6 heteroatoms. The Bertz CT molecular complexity index is 413. The van der Waals surface area contributed by atoms with Crippen LogP contribution in [0, 0.1) is 11.8 Å². The molecule has 4 saturated heterocycles. The van der Waals surface area contributed by atoms with E-state index >= 15 is 0 Å². The Morgan fingerprint density at radius 2 is 2.09 bits per heavy atom. The van der Waals surface area contributed by atoms with E-state index < -0.39 is 0 Å². The van der Waals surface area contributed by atoms with E-state index in [1.54, 1.807) is 0 Å². The molecule has 4 fully saturated rings. The average molecular weight is 339 g/mol. The van der Waals surface area contributed by atoms with Crippen molar-refractivity contribution in [2.24, 2.45) is 11.8 Å². The van der Waals surface area contributed by atoms with Crippen LogP contribution >= 0.6 is 12.2 Å². The summed E-state index contributed by atoms with van der Waals surface area (Å²) < 4.78 is 5.36. The molecular formula is C17H30N4OS. The molecule has 1 unspecified atom stereocenters. The lowest BCUT2D eigenvalue weighted by atomic mass is 9.76. The highest BCUT2D eigenvalue weighted by Gasteiger charge is 2.38. The number of hydrogen-bond donors (Lipinski definition) is 2. The van der Waals surface area contributed by atoms with Crippen LogP contribution in [0.15, 0.2) is 12.7 Å². The Kier molecular flexibility index (Phi) is 6.28. The molecule has 4 atom stereocenters. The van der Waals surface area contributed by atoms with Crippen molar-refractivity contribution < 1.29 is 4.74 Å². The van der Waals surface area contributed by atoms with E-state index in [0.717, 1.165) is 57.0 Å². The Labute approximate surface area is 145 Å². The molecule has 4 rings (SSSR count). The Morgan fingerprint density at radius 1 is 1.26 bits per heavy atom. The largest absolute Gasteiger partial charge is 0.379 e. The number of morpholine rings is 1. The Morgan fingerprint density at radius 3 is 2.78 bits per heavy atom. The monoisotopic (exact) mass is 338 g/mol. The quantitative estimate of drug-likeness (QED) is 0.548. The van der Waals surface area contributed by atoms with Gasteiger partial charge in [0.05, 0.1) is 13.2 Å². The Balaban J connectivity index is 1.31. The van der Waals surface area contributed by atoms with Gasteiger partial charge in [-0.15, -0.1) is 6.58 Å². The van der Waals surface area contributed by atoms with Gasteiger partial charge in [0, 0.05) is 45.3 Å². The van der Waals surface area contributed by atoms with Gasteiger partial charge in [-0.25, -0.2) is 0 Å². The van der Waals surface area contributed by atoms with Gasteiger partial charge in [-0.3, -0.25) is 9.80 Å². The minimum absolute atomic E-state index is 0.629. The number of ether oxygens (including phenoxy) is 1. The zero-order valence-electron chi connectivity index (χ0n) is 14.0. The number of piperidine rings is 3. The molecule has 23 heavy (non-hydrogen) atoms. The molecular weight excluding hydrogens is 308 g/mol. The lowest BCUT2D eigenvalue weighted by Crippen LogP contribution is -2.57. The van der Waals surface area contributed by atoms with Crippen LogP contribution in [-0.4, -0.2) is 80.0 Å². The first-order chi connectivity index (χ1) is 11.3. The fourth-order valence-electron chi connectivity index (χ4n) is 4.08. The van der Waals surface area contributed by atoms with Crippen LogP contribution in [0.5, 0.6) is 0 Å². The summed E-state index contributed by atoms with van der Waals surface area (Å²) in [6.45, 7) is 13.1. The van der Waals surface area contributed by atoms with Crippen molar-refractivity contribution >= 4 is 17.3 Å². The van der Waals surface area contributed by atoms with Crippen LogP contribution in [0.25, 0.3) is 0 Å². The molecule has 0 spiro atoms. The molecule has 4 aliphatic rings. The second-order valence-corrected chi connectivity index (χ2v) is 7.33. The summed E-state index contributed by atoms with van der Waals surface area (Å²) in [5.41, 5.74) is 0. The molecule has 4 heterocycles. The highest BCUT2D eigenvalue weighted by Crippen LogP contribution is 2.36. The standard InChI is InChI=1S/C17H30N4OS/c1-2-14-13-21-5-3-15(14)11-16(21)12-19-17(23)18-4-6-20-7-9-22-10-8-20/h2,14-16H,1,3-13H2,(H2,18,19,23)/t14-,15-,16+/m0/s1. The first-order valence-electron chi connectivity index (χ1n) is 8.94. The molecule has 4 aliphatic heterocycles. The van der Waals surface area contributed by atoms with E-state index in [0.29, 0.717) is 12.0 Å². The number of nitrogens with one attached hydrogen (secondary N) is 2. The van der Waals surface area contributed by atoms with Crippen molar-refractivity contribution in [3.63, 3.8) is 0 Å². The van der Waals surface area contributed by atoms with E-state index in [4.69, 9.17) is 17.0 Å². The van der Waals surface area contributed by atoms with Gasteiger partial charge in [-0.1, -0.05) is 6.08 Å². The maximum Gasteiger partial charge on any atom is 0.166 e. The van der Waals surface area contributed by atoms with Gasteiger partial charge in [0.15, 0.2) is 5.11 Å². The molecule has 0 aromatic heterocycles. The van der Waals surface area contributed by atoms with Crippen LogP contribution in [0.3, 0.4) is 0 Å². The molecule has 0 aromatic rings. The second kappa shape index (κ2) is 8.42. The van der Waals surface area contributed by atoms with E-state index in [1.807, 2.05) is 0 Å². The van der Waals surface area contributed by atoms with E-state index in [-0.39, 0.29) is 0 Å². The van der Waals surface area contributed by atoms with Gasteiger partial charge < -0.3 is 15.4 Å². The van der Waals surface area contributed by atoms with E-state index in [9.17, 15) is 0 Å². The van der Waals surface area contributed by atoms with Crippen molar-refractivity contribution in [2.45, 2.75) is 18.9 Å². The molecule has 2 bridgehead atoms. The van der Waals surface area contributed by atoms with Gasteiger partial charge in [0.1, 0.15) is 0 Å². The third kappa shape index (κ3) is 4.66. The minimum Gasteiger partial charge on any atom is -0.379 e. The lowest BCUT2D eigenvalue weighted by Gasteiger charge is -2.49. The van der Waals surface area contributed by atoms with E-state index in [1.165, 1.54) is 25.9 Å². The minimum atomic E-state index is 0.629. The first-order valence-corrected chi connectivity index (χ1v) is 9.35. The molecule has 0 aliphatic carbocycles. The summed E-state index contributed by atoms with van der Waals surface area (Å²) in [6, 6.07) is 0.629. The summed E-state index contributed by atoms with van der Waals surface area (Å²) in [7, 11) is 0. The lowest BCUT2D eigenvalue weighted by molar-refractivity contribution is 0.0214. The van der Waals surface area contributed by atoms with Crippen LogP contribution < -0.4 is 10.6 Å². The third-order valence-corrected chi connectivity index (χ3v) is 5.84. The van der Waals surface area contributed by atoms with Crippen LogP contribution in [0.1, 0.15) is 12.8 Å². The fourth-order valence-corrected chi connectivity index (χ4v) is 4.27. The van der Waals surface area contributed by atoms with E-state index in [2.05, 4.69) is 33.1 Å².